The Morgan fingerprint density at radius 1 is 1.39 bits per heavy atom. The highest BCUT2D eigenvalue weighted by Crippen LogP contribution is 2.27. The van der Waals surface area contributed by atoms with Gasteiger partial charge in [0.1, 0.15) is 0 Å². The second-order valence-electron chi connectivity index (χ2n) is 5.01. The highest BCUT2D eigenvalue weighted by atomic mass is 15.3. The van der Waals surface area contributed by atoms with Crippen LogP contribution < -0.4 is 5.73 Å². The van der Waals surface area contributed by atoms with Gasteiger partial charge in [-0.1, -0.05) is 12.5 Å². The van der Waals surface area contributed by atoms with E-state index in [0.717, 1.165) is 30.0 Å². The van der Waals surface area contributed by atoms with Crippen LogP contribution in [0, 0.1) is 0 Å². The van der Waals surface area contributed by atoms with E-state index in [1.54, 1.807) is 0 Å². The van der Waals surface area contributed by atoms with E-state index >= 15 is 0 Å². The third-order valence-corrected chi connectivity index (χ3v) is 3.71. The number of hydrogen-bond donors (Lipinski definition) is 1. The molecule has 0 amide bonds. The molecule has 0 aliphatic carbocycles. The zero-order chi connectivity index (χ0) is 12.5. The molecule has 0 radical (unpaired) electrons. The number of pyridine rings is 1. The SMILES string of the molecule is CN1CCCCC1c1nc2ccc(CN)cn2n1. The van der Waals surface area contributed by atoms with Crippen molar-refractivity contribution in [2.75, 3.05) is 13.6 Å². The van der Waals surface area contributed by atoms with Gasteiger partial charge in [0.25, 0.3) is 0 Å². The standard InChI is InChI=1S/C13H19N5/c1-17-7-3-2-4-11(17)13-15-12-6-5-10(8-14)9-18(12)16-13/h5-6,9,11H,2-4,7-8,14H2,1H3. The van der Waals surface area contributed by atoms with Crippen molar-refractivity contribution in [2.24, 2.45) is 5.73 Å². The van der Waals surface area contributed by atoms with E-state index in [1.807, 2.05) is 22.8 Å². The molecule has 0 saturated carbocycles. The first-order chi connectivity index (χ1) is 8.78. The second-order valence-corrected chi connectivity index (χ2v) is 5.01. The zero-order valence-electron chi connectivity index (χ0n) is 10.7. The summed E-state index contributed by atoms with van der Waals surface area (Å²) in [5.41, 5.74) is 7.63. The molecule has 3 heterocycles. The number of aromatic nitrogens is 3. The van der Waals surface area contributed by atoms with Crippen LogP contribution in [0.15, 0.2) is 18.3 Å². The minimum Gasteiger partial charge on any atom is -0.326 e. The number of fused-ring (bicyclic) bond motifs is 1. The topological polar surface area (TPSA) is 59.5 Å². The third kappa shape index (κ3) is 2.00. The van der Waals surface area contributed by atoms with Gasteiger partial charge in [0, 0.05) is 12.7 Å². The third-order valence-electron chi connectivity index (χ3n) is 3.71. The Balaban J connectivity index is 1.97. The van der Waals surface area contributed by atoms with Crippen molar-refractivity contribution in [3.63, 3.8) is 0 Å². The van der Waals surface area contributed by atoms with E-state index in [9.17, 15) is 0 Å². The molecule has 5 heteroatoms. The fraction of sp³-hybridized carbons (Fsp3) is 0.538. The van der Waals surface area contributed by atoms with Crippen molar-refractivity contribution in [3.8, 4) is 0 Å². The van der Waals surface area contributed by atoms with Gasteiger partial charge in [-0.05, 0) is 38.1 Å². The minimum atomic E-state index is 0.361. The van der Waals surface area contributed by atoms with Crippen LogP contribution in [0.4, 0.5) is 0 Å². The number of likely N-dealkylation sites (tertiary alicyclic amines) is 1. The molecule has 1 aliphatic rings. The van der Waals surface area contributed by atoms with Gasteiger partial charge in [0.05, 0.1) is 6.04 Å². The molecule has 2 N–H and O–H groups in total. The van der Waals surface area contributed by atoms with Crippen molar-refractivity contribution in [1.29, 1.82) is 0 Å². The molecule has 5 nitrogen and oxygen atoms in total. The van der Waals surface area contributed by atoms with Crippen LogP contribution >= 0.6 is 0 Å². The number of piperidine rings is 1. The molecule has 0 spiro atoms. The highest BCUT2D eigenvalue weighted by Gasteiger charge is 2.24. The number of rotatable bonds is 2. The van der Waals surface area contributed by atoms with E-state index in [1.165, 1.54) is 12.8 Å². The van der Waals surface area contributed by atoms with Crippen LogP contribution in [0.5, 0.6) is 0 Å². The molecule has 2 aromatic heterocycles. The normalized spacial score (nSPS) is 21.6. The van der Waals surface area contributed by atoms with Crippen LogP contribution in [0.1, 0.15) is 36.7 Å². The van der Waals surface area contributed by atoms with Gasteiger partial charge in [0.15, 0.2) is 11.5 Å². The Labute approximate surface area is 107 Å². The van der Waals surface area contributed by atoms with Crippen LogP contribution in [0.25, 0.3) is 5.65 Å². The Hall–Kier alpha value is -1.46. The molecule has 1 unspecified atom stereocenters. The summed E-state index contributed by atoms with van der Waals surface area (Å²) < 4.78 is 1.85. The fourth-order valence-electron chi connectivity index (χ4n) is 2.61. The molecule has 3 rings (SSSR count). The Morgan fingerprint density at radius 2 is 2.28 bits per heavy atom. The summed E-state index contributed by atoms with van der Waals surface area (Å²) in [5, 5.41) is 4.60. The summed E-state index contributed by atoms with van der Waals surface area (Å²) in [6.45, 7) is 1.67. The Bertz CT molecular complexity index is 547. The number of nitrogens with zero attached hydrogens (tertiary/aromatic N) is 4. The lowest BCUT2D eigenvalue weighted by Gasteiger charge is -2.30. The number of hydrogen-bond acceptors (Lipinski definition) is 4. The van der Waals surface area contributed by atoms with Crippen LogP contribution in [0.2, 0.25) is 0 Å². The van der Waals surface area contributed by atoms with Crippen molar-refractivity contribution in [3.05, 3.63) is 29.7 Å². The average Bonchev–Trinajstić information content (AvgIpc) is 2.81. The predicted molar refractivity (Wildman–Crippen MR) is 70.1 cm³/mol. The molecule has 0 aromatic carbocycles. The minimum absolute atomic E-state index is 0.361. The van der Waals surface area contributed by atoms with Gasteiger partial charge in [-0.15, -0.1) is 5.10 Å². The lowest BCUT2D eigenvalue weighted by atomic mass is 10.0. The maximum Gasteiger partial charge on any atom is 0.168 e. The van der Waals surface area contributed by atoms with Crippen LogP contribution in [0.3, 0.4) is 0 Å². The van der Waals surface area contributed by atoms with Crippen molar-refractivity contribution >= 4 is 5.65 Å². The number of nitrogens with two attached hydrogens (primary N) is 1. The molecular weight excluding hydrogens is 226 g/mol. The molecule has 96 valence electrons. The second kappa shape index (κ2) is 4.66. The molecule has 1 saturated heterocycles. The van der Waals surface area contributed by atoms with Crippen LogP contribution in [-0.4, -0.2) is 33.1 Å². The highest BCUT2D eigenvalue weighted by molar-refractivity contribution is 5.39. The first-order valence-corrected chi connectivity index (χ1v) is 6.53. The Kier molecular flexibility index (Phi) is 3.01. The Morgan fingerprint density at radius 3 is 3.06 bits per heavy atom. The van der Waals surface area contributed by atoms with E-state index in [4.69, 9.17) is 5.73 Å². The fourth-order valence-corrected chi connectivity index (χ4v) is 2.61. The van der Waals surface area contributed by atoms with Crippen LogP contribution in [-0.2, 0) is 6.54 Å². The van der Waals surface area contributed by atoms with E-state index in [0.29, 0.717) is 12.6 Å². The van der Waals surface area contributed by atoms with Gasteiger partial charge in [-0.25, -0.2) is 9.50 Å². The van der Waals surface area contributed by atoms with Gasteiger partial charge >= 0.3 is 0 Å². The lowest BCUT2D eigenvalue weighted by Crippen LogP contribution is -2.30. The van der Waals surface area contributed by atoms with Crippen molar-refractivity contribution < 1.29 is 0 Å². The molecule has 18 heavy (non-hydrogen) atoms. The van der Waals surface area contributed by atoms with Crippen molar-refractivity contribution in [1.82, 2.24) is 19.5 Å². The van der Waals surface area contributed by atoms with Gasteiger partial charge < -0.3 is 5.73 Å². The molecule has 1 aliphatic heterocycles. The van der Waals surface area contributed by atoms with Gasteiger partial charge in [-0.3, -0.25) is 4.90 Å². The summed E-state index contributed by atoms with van der Waals surface area (Å²) in [4.78, 5) is 6.98. The average molecular weight is 245 g/mol. The van der Waals surface area contributed by atoms with E-state index in [-0.39, 0.29) is 0 Å². The maximum absolute atomic E-state index is 5.64. The molecular formula is C13H19N5. The summed E-state index contributed by atoms with van der Waals surface area (Å²) in [7, 11) is 2.15. The van der Waals surface area contributed by atoms with Gasteiger partial charge in [0.2, 0.25) is 0 Å². The summed E-state index contributed by atoms with van der Waals surface area (Å²) in [5.74, 6) is 0.936. The summed E-state index contributed by atoms with van der Waals surface area (Å²) in [6.07, 6.45) is 5.65. The monoisotopic (exact) mass is 245 g/mol. The van der Waals surface area contributed by atoms with Crippen molar-refractivity contribution in [2.45, 2.75) is 31.8 Å². The quantitative estimate of drug-likeness (QED) is 0.867. The van der Waals surface area contributed by atoms with E-state index < -0.39 is 0 Å². The first-order valence-electron chi connectivity index (χ1n) is 6.53. The molecule has 0 bridgehead atoms. The smallest absolute Gasteiger partial charge is 0.168 e. The lowest BCUT2D eigenvalue weighted by molar-refractivity contribution is 0.179. The molecule has 2 aromatic rings. The largest absolute Gasteiger partial charge is 0.326 e. The summed E-state index contributed by atoms with van der Waals surface area (Å²) in [6, 6.07) is 4.36. The summed E-state index contributed by atoms with van der Waals surface area (Å²) >= 11 is 0. The molecule has 1 atom stereocenters. The zero-order valence-corrected chi connectivity index (χ0v) is 10.7. The predicted octanol–water partition coefficient (Wildman–Crippen LogP) is 1.34. The first kappa shape index (κ1) is 11.6. The van der Waals surface area contributed by atoms with E-state index in [2.05, 4.69) is 22.0 Å². The molecule has 1 fully saturated rings. The maximum atomic E-state index is 5.64. The van der Waals surface area contributed by atoms with Gasteiger partial charge in [-0.2, -0.15) is 0 Å².